The van der Waals surface area contributed by atoms with E-state index in [2.05, 4.69) is 11.9 Å². The van der Waals surface area contributed by atoms with Crippen LogP contribution in [0.5, 0.6) is 5.88 Å². The maximum atomic E-state index is 11.8. The third kappa shape index (κ3) is 2.35. The van der Waals surface area contributed by atoms with Crippen molar-refractivity contribution in [1.29, 1.82) is 0 Å². The van der Waals surface area contributed by atoms with Crippen LogP contribution >= 0.6 is 0 Å². The number of hydrogen-bond donors (Lipinski definition) is 2. The number of rotatable bonds is 4. The van der Waals surface area contributed by atoms with Gasteiger partial charge in [-0.15, -0.1) is 0 Å². The molecule has 1 heterocycles. The standard InChI is InChI=1S/C13H20N2O3/c1-7(2)10-11(16)14-13(18)15(12(10)17)6-8(3)9-4-5-9/h7-9,17H,4-6H2,1-3H3,(H,14,16,18). The van der Waals surface area contributed by atoms with Crippen LogP contribution in [0, 0.1) is 11.8 Å². The molecule has 1 aliphatic rings. The van der Waals surface area contributed by atoms with Gasteiger partial charge in [0.15, 0.2) is 0 Å². The van der Waals surface area contributed by atoms with Crippen LogP contribution in [-0.2, 0) is 6.54 Å². The molecule has 0 aromatic carbocycles. The Bertz CT molecular complexity index is 552. The van der Waals surface area contributed by atoms with E-state index in [1.54, 1.807) is 0 Å². The quantitative estimate of drug-likeness (QED) is 0.850. The van der Waals surface area contributed by atoms with Gasteiger partial charge in [0.2, 0.25) is 5.88 Å². The average molecular weight is 252 g/mol. The summed E-state index contributed by atoms with van der Waals surface area (Å²) < 4.78 is 1.29. The van der Waals surface area contributed by atoms with Crippen molar-refractivity contribution in [2.24, 2.45) is 11.8 Å². The fourth-order valence-corrected chi connectivity index (χ4v) is 2.37. The minimum atomic E-state index is -0.519. The van der Waals surface area contributed by atoms with Crippen LogP contribution in [0.2, 0.25) is 0 Å². The molecule has 18 heavy (non-hydrogen) atoms. The molecular formula is C13H20N2O3. The second-order valence-corrected chi connectivity index (χ2v) is 5.58. The molecule has 2 rings (SSSR count). The largest absolute Gasteiger partial charge is 0.494 e. The third-order valence-corrected chi connectivity index (χ3v) is 3.68. The summed E-state index contributed by atoms with van der Waals surface area (Å²) in [6.45, 7) is 6.18. The Labute approximate surface area is 105 Å². The summed E-state index contributed by atoms with van der Waals surface area (Å²) in [5.41, 5.74) is -0.713. The molecule has 1 fully saturated rings. The molecule has 1 aromatic heterocycles. The lowest BCUT2D eigenvalue weighted by Crippen LogP contribution is -2.34. The minimum Gasteiger partial charge on any atom is -0.494 e. The maximum Gasteiger partial charge on any atom is 0.331 e. The lowest BCUT2D eigenvalue weighted by atomic mass is 10.0. The van der Waals surface area contributed by atoms with E-state index in [1.165, 1.54) is 17.4 Å². The van der Waals surface area contributed by atoms with Gasteiger partial charge in [0.25, 0.3) is 5.56 Å². The summed E-state index contributed by atoms with van der Waals surface area (Å²) in [5.74, 6) is 0.702. The zero-order valence-electron chi connectivity index (χ0n) is 11.1. The van der Waals surface area contributed by atoms with Gasteiger partial charge in [-0.05, 0) is 30.6 Å². The number of nitrogens with zero attached hydrogens (tertiary/aromatic N) is 1. The zero-order valence-corrected chi connectivity index (χ0v) is 11.1. The molecule has 0 radical (unpaired) electrons. The Kier molecular flexibility index (Phi) is 3.32. The molecule has 1 unspecified atom stereocenters. The van der Waals surface area contributed by atoms with Crippen LogP contribution < -0.4 is 11.2 Å². The van der Waals surface area contributed by atoms with E-state index in [0.717, 1.165) is 0 Å². The summed E-state index contributed by atoms with van der Waals surface area (Å²) in [6.07, 6.45) is 2.38. The smallest absolute Gasteiger partial charge is 0.331 e. The predicted molar refractivity (Wildman–Crippen MR) is 69.0 cm³/mol. The number of aromatic amines is 1. The first-order valence-corrected chi connectivity index (χ1v) is 6.47. The highest BCUT2D eigenvalue weighted by Gasteiger charge is 2.29. The fourth-order valence-electron chi connectivity index (χ4n) is 2.37. The molecule has 2 N–H and O–H groups in total. The maximum absolute atomic E-state index is 11.8. The Morgan fingerprint density at radius 3 is 2.44 bits per heavy atom. The van der Waals surface area contributed by atoms with Crippen molar-refractivity contribution in [3.63, 3.8) is 0 Å². The van der Waals surface area contributed by atoms with Crippen molar-refractivity contribution >= 4 is 0 Å². The summed E-state index contributed by atoms with van der Waals surface area (Å²) in [7, 11) is 0. The van der Waals surface area contributed by atoms with Gasteiger partial charge in [0, 0.05) is 6.54 Å². The normalized spacial score (nSPS) is 17.1. The van der Waals surface area contributed by atoms with E-state index in [1.807, 2.05) is 13.8 Å². The van der Waals surface area contributed by atoms with Gasteiger partial charge in [-0.3, -0.25) is 14.3 Å². The topological polar surface area (TPSA) is 75.1 Å². The summed E-state index contributed by atoms with van der Waals surface area (Å²) in [6, 6.07) is 0. The molecule has 1 saturated carbocycles. The van der Waals surface area contributed by atoms with Gasteiger partial charge >= 0.3 is 5.69 Å². The van der Waals surface area contributed by atoms with Crippen LogP contribution in [0.4, 0.5) is 0 Å². The Morgan fingerprint density at radius 1 is 1.33 bits per heavy atom. The Balaban J connectivity index is 2.42. The molecule has 1 aromatic rings. The van der Waals surface area contributed by atoms with Gasteiger partial charge < -0.3 is 5.11 Å². The number of nitrogens with one attached hydrogen (secondary N) is 1. The third-order valence-electron chi connectivity index (χ3n) is 3.68. The zero-order chi connectivity index (χ0) is 13.4. The number of aromatic hydroxyl groups is 1. The van der Waals surface area contributed by atoms with E-state index in [0.29, 0.717) is 18.4 Å². The van der Waals surface area contributed by atoms with Crippen LogP contribution in [0.25, 0.3) is 0 Å². The molecule has 5 heteroatoms. The van der Waals surface area contributed by atoms with E-state index < -0.39 is 11.2 Å². The first-order valence-electron chi connectivity index (χ1n) is 6.47. The van der Waals surface area contributed by atoms with Crippen molar-refractivity contribution in [2.45, 2.75) is 46.1 Å². The molecule has 0 spiro atoms. The van der Waals surface area contributed by atoms with Crippen molar-refractivity contribution in [3.8, 4) is 5.88 Å². The first kappa shape index (κ1) is 12.9. The van der Waals surface area contributed by atoms with E-state index in [9.17, 15) is 14.7 Å². The van der Waals surface area contributed by atoms with Gasteiger partial charge in [0.1, 0.15) is 0 Å². The second-order valence-electron chi connectivity index (χ2n) is 5.58. The van der Waals surface area contributed by atoms with E-state index >= 15 is 0 Å². The fraction of sp³-hybridized carbons (Fsp3) is 0.692. The highest BCUT2D eigenvalue weighted by molar-refractivity contribution is 5.25. The molecule has 1 atom stereocenters. The van der Waals surface area contributed by atoms with Crippen molar-refractivity contribution in [2.75, 3.05) is 0 Å². The summed E-state index contributed by atoms with van der Waals surface area (Å²) >= 11 is 0. The Hall–Kier alpha value is -1.52. The van der Waals surface area contributed by atoms with Crippen LogP contribution in [0.1, 0.15) is 45.1 Å². The molecule has 0 amide bonds. The molecule has 0 saturated heterocycles. The molecule has 1 aliphatic carbocycles. The predicted octanol–water partition coefficient (Wildman–Crippen LogP) is 1.41. The van der Waals surface area contributed by atoms with Gasteiger partial charge in [-0.25, -0.2) is 4.79 Å². The lowest BCUT2D eigenvalue weighted by molar-refractivity contribution is 0.344. The highest BCUT2D eigenvalue weighted by Crippen LogP contribution is 2.37. The second kappa shape index (κ2) is 4.63. The van der Waals surface area contributed by atoms with Crippen molar-refractivity contribution < 1.29 is 5.11 Å². The van der Waals surface area contributed by atoms with Gasteiger partial charge in [0.05, 0.1) is 5.56 Å². The van der Waals surface area contributed by atoms with E-state index in [-0.39, 0.29) is 17.4 Å². The number of hydrogen-bond acceptors (Lipinski definition) is 3. The monoisotopic (exact) mass is 252 g/mol. The van der Waals surface area contributed by atoms with Gasteiger partial charge in [-0.1, -0.05) is 20.8 Å². The molecule has 0 bridgehead atoms. The van der Waals surface area contributed by atoms with Crippen molar-refractivity contribution in [3.05, 3.63) is 26.4 Å². The van der Waals surface area contributed by atoms with Crippen LogP contribution in [0.3, 0.4) is 0 Å². The molecule has 5 nitrogen and oxygen atoms in total. The first-order chi connectivity index (χ1) is 8.41. The van der Waals surface area contributed by atoms with E-state index in [4.69, 9.17) is 0 Å². The minimum absolute atomic E-state index is 0.114. The average Bonchev–Trinajstić information content (AvgIpc) is 3.06. The van der Waals surface area contributed by atoms with Crippen LogP contribution in [0.15, 0.2) is 9.59 Å². The summed E-state index contributed by atoms with van der Waals surface area (Å²) in [4.78, 5) is 25.7. The molecule has 100 valence electrons. The lowest BCUT2D eigenvalue weighted by Gasteiger charge is -2.16. The summed E-state index contributed by atoms with van der Waals surface area (Å²) in [5, 5.41) is 10.1. The molecular weight excluding hydrogens is 232 g/mol. The Morgan fingerprint density at radius 2 is 1.94 bits per heavy atom. The van der Waals surface area contributed by atoms with Crippen molar-refractivity contribution in [1.82, 2.24) is 9.55 Å². The number of H-pyrrole nitrogens is 1. The van der Waals surface area contributed by atoms with Gasteiger partial charge in [-0.2, -0.15) is 0 Å². The number of aromatic nitrogens is 2. The highest BCUT2D eigenvalue weighted by atomic mass is 16.3. The van der Waals surface area contributed by atoms with Crippen LogP contribution in [-0.4, -0.2) is 14.7 Å². The molecule has 0 aliphatic heterocycles. The SMILES string of the molecule is CC(C)c1c(O)n(CC(C)C2CC2)c(=O)[nH]c1=O.